The lowest BCUT2D eigenvalue weighted by Gasteiger charge is -2.32. The molecule has 1 saturated carbocycles. The average molecular weight is 406 g/mol. The van der Waals surface area contributed by atoms with Crippen LogP contribution in [0.5, 0.6) is 11.5 Å². The van der Waals surface area contributed by atoms with Crippen LogP contribution in [0.2, 0.25) is 0 Å². The summed E-state index contributed by atoms with van der Waals surface area (Å²) in [6.07, 6.45) is 4.95. The summed E-state index contributed by atoms with van der Waals surface area (Å²) in [5.41, 5.74) is 2.55. The first-order chi connectivity index (χ1) is 14.0. The number of amides is 1. The Labute approximate surface area is 175 Å². The van der Waals surface area contributed by atoms with Crippen LogP contribution in [0.25, 0.3) is 0 Å². The number of carbonyl (C=O) groups is 1. The van der Waals surface area contributed by atoms with E-state index in [1.807, 2.05) is 0 Å². The summed E-state index contributed by atoms with van der Waals surface area (Å²) >= 11 is 0. The van der Waals surface area contributed by atoms with Crippen molar-refractivity contribution in [3.8, 4) is 11.5 Å². The molecular weight excluding hydrogens is 366 g/mol. The summed E-state index contributed by atoms with van der Waals surface area (Å²) < 4.78 is 10.9. The highest BCUT2D eigenvalue weighted by Gasteiger charge is 2.28. The van der Waals surface area contributed by atoms with Crippen molar-refractivity contribution in [2.24, 2.45) is 5.92 Å². The van der Waals surface area contributed by atoms with Crippen LogP contribution in [-0.4, -0.2) is 58.9 Å². The molecule has 0 bridgehead atoms. The number of hydrogen-bond acceptors (Lipinski definition) is 3. The minimum absolute atomic E-state index is 0.234. The maximum absolute atomic E-state index is 12.5. The van der Waals surface area contributed by atoms with E-state index in [0.717, 1.165) is 50.6 Å². The number of aryl methyl sites for hydroxylation is 1. The molecule has 1 heterocycles. The monoisotopic (exact) mass is 405 g/mol. The van der Waals surface area contributed by atoms with Gasteiger partial charge in [-0.15, -0.1) is 0 Å². The van der Waals surface area contributed by atoms with Gasteiger partial charge in [-0.2, -0.15) is 0 Å². The van der Waals surface area contributed by atoms with Crippen molar-refractivity contribution in [2.45, 2.75) is 52.1 Å². The van der Waals surface area contributed by atoms with E-state index in [1.54, 1.807) is 19.1 Å². The molecule has 1 aliphatic carbocycles. The van der Waals surface area contributed by atoms with Crippen molar-refractivity contribution >= 4 is 5.91 Å². The minimum Gasteiger partial charge on any atom is -0.493 e. The van der Waals surface area contributed by atoms with Gasteiger partial charge in [-0.25, -0.2) is 0 Å². The molecule has 0 radical (unpaired) electrons. The Bertz CT molecular complexity index is 686. The Balaban J connectivity index is 1.46. The Morgan fingerprint density at radius 2 is 1.66 bits per heavy atom. The fourth-order valence-electron chi connectivity index (χ4n) is 4.81. The molecule has 1 aliphatic heterocycles. The van der Waals surface area contributed by atoms with E-state index >= 15 is 0 Å². The maximum atomic E-state index is 12.5. The summed E-state index contributed by atoms with van der Waals surface area (Å²) in [4.78, 5) is 15.5. The minimum atomic E-state index is 0.234. The van der Waals surface area contributed by atoms with Crippen LogP contribution in [-0.2, 0) is 11.3 Å². The zero-order valence-corrected chi connectivity index (χ0v) is 18.6. The molecule has 6 heteroatoms. The molecular formula is C23H39N3O3+2. The molecule has 1 aromatic rings. The molecule has 1 saturated heterocycles. The standard InChI is InChI=1S/C23H37N3O3/c1-17-7-5-6-8-20(17)24-23(27)16-26-11-9-25(10-12-26)15-19-14-22(29-4)21(28-3)13-18(19)2/h13-14,17,20H,5-12,15-16H2,1-4H3,(H,24,27)/p+2/t17-,20+/m1/s1. The molecule has 0 unspecified atom stereocenters. The molecule has 3 N–H and O–H groups in total. The van der Waals surface area contributed by atoms with E-state index in [9.17, 15) is 4.79 Å². The van der Waals surface area contributed by atoms with E-state index in [4.69, 9.17) is 9.47 Å². The summed E-state index contributed by atoms with van der Waals surface area (Å²) in [6.45, 7) is 10.3. The van der Waals surface area contributed by atoms with Crippen LogP contribution in [0.3, 0.4) is 0 Å². The molecule has 6 nitrogen and oxygen atoms in total. The van der Waals surface area contributed by atoms with Gasteiger partial charge in [-0.1, -0.05) is 19.8 Å². The second-order valence-electron chi connectivity index (χ2n) is 8.92. The third-order valence-electron chi connectivity index (χ3n) is 6.82. The normalized spacial score (nSPS) is 27.3. The third-order valence-corrected chi connectivity index (χ3v) is 6.82. The quantitative estimate of drug-likeness (QED) is 0.598. The zero-order chi connectivity index (χ0) is 20.8. The highest BCUT2D eigenvalue weighted by molar-refractivity contribution is 5.77. The number of carbonyl (C=O) groups excluding carboxylic acids is 1. The van der Waals surface area contributed by atoms with Crippen LogP contribution in [0.15, 0.2) is 12.1 Å². The van der Waals surface area contributed by atoms with Gasteiger partial charge in [0.05, 0.1) is 14.2 Å². The van der Waals surface area contributed by atoms with Crippen molar-refractivity contribution in [1.82, 2.24) is 5.32 Å². The lowest BCUT2D eigenvalue weighted by atomic mass is 9.86. The first kappa shape index (κ1) is 21.9. The SMILES string of the molecule is COc1cc(C)c(C[NH+]2CC[NH+](CC(=O)N[C@H]3CCCC[C@H]3C)CC2)cc1OC. The highest BCUT2D eigenvalue weighted by Crippen LogP contribution is 2.29. The van der Waals surface area contributed by atoms with Gasteiger partial charge in [-0.05, 0) is 43.4 Å². The number of piperazine rings is 1. The first-order valence-electron chi connectivity index (χ1n) is 11.2. The van der Waals surface area contributed by atoms with Crippen molar-refractivity contribution in [3.05, 3.63) is 23.3 Å². The number of methoxy groups -OCH3 is 2. The Morgan fingerprint density at radius 1 is 1.03 bits per heavy atom. The van der Waals surface area contributed by atoms with Crippen LogP contribution >= 0.6 is 0 Å². The fourth-order valence-corrected chi connectivity index (χ4v) is 4.81. The van der Waals surface area contributed by atoms with Gasteiger partial charge in [0.1, 0.15) is 32.7 Å². The molecule has 2 fully saturated rings. The van der Waals surface area contributed by atoms with E-state index in [0.29, 0.717) is 18.5 Å². The Kier molecular flexibility index (Phi) is 7.78. The van der Waals surface area contributed by atoms with Crippen molar-refractivity contribution in [1.29, 1.82) is 0 Å². The van der Waals surface area contributed by atoms with Gasteiger partial charge < -0.3 is 24.6 Å². The first-order valence-corrected chi connectivity index (χ1v) is 11.2. The van der Waals surface area contributed by atoms with E-state index in [2.05, 4.69) is 31.3 Å². The Morgan fingerprint density at radius 3 is 2.31 bits per heavy atom. The number of benzene rings is 1. The van der Waals surface area contributed by atoms with Crippen molar-refractivity contribution < 1.29 is 24.1 Å². The molecule has 29 heavy (non-hydrogen) atoms. The smallest absolute Gasteiger partial charge is 0.275 e. The molecule has 2 atom stereocenters. The van der Waals surface area contributed by atoms with Gasteiger partial charge in [0.15, 0.2) is 18.0 Å². The van der Waals surface area contributed by atoms with Gasteiger partial charge in [-0.3, -0.25) is 4.79 Å². The molecule has 0 spiro atoms. The predicted octanol–water partition coefficient (Wildman–Crippen LogP) is -0.00948. The molecule has 0 aromatic heterocycles. The number of quaternary nitrogens is 2. The fraction of sp³-hybridized carbons (Fsp3) is 0.696. The van der Waals surface area contributed by atoms with Crippen LogP contribution < -0.4 is 24.6 Å². The number of hydrogen-bond donors (Lipinski definition) is 3. The highest BCUT2D eigenvalue weighted by atomic mass is 16.5. The largest absolute Gasteiger partial charge is 0.493 e. The summed E-state index contributed by atoms with van der Waals surface area (Å²) in [5, 5.41) is 3.31. The number of rotatable bonds is 7. The number of ether oxygens (including phenoxy) is 2. The van der Waals surface area contributed by atoms with Crippen molar-refractivity contribution in [2.75, 3.05) is 46.9 Å². The molecule has 162 valence electrons. The molecule has 3 rings (SSSR count). The van der Waals surface area contributed by atoms with E-state index < -0.39 is 0 Å². The molecule has 1 amide bonds. The second-order valence-corrected chi connectivity index (χ2v) is 8.92. The molecule has 2 aliphatic rings. The predicted molar refractivity (Wildman–Crippen MR) is 114 cm³/mol. The van der Waals surface area contributed by atoms with Gasteiger partial charge in [0, 0.05) is 11.6 Å². The summed E-state index contributed by atoms with van der Waals surface area (Å²) in [7, 11) is 3.36. The van der Waals surface area contributed by atoms with Crippen LogP contribution in [0.1, 0.15) is 43.7 Å². The van der Waals surface area contributed by atoms with E-state index in [1.165, 1.54) is 35.3 Å². The molecule has 1 aromatic carbocycles. The topological polar surface area (TPSA) is 56.4 Å². The Hall–Kier alpha value is -1.79. The van der Waals surface area contributed by atoms with Gasteiger partial charge in [0.25, 0.3) is 5.91 Å². The summed E-state index contributed by atoms with van der Waals surface area (Å²) in [5.74, 6) is 2.44. The van der Waals surface area contributed by atoms with Gasteiger partial charge >= 0.3 is 0 Å². The number of nitrogens with one attached hydrogen (secondary N) is 3. The maximum Gasteiger partial charge on any atom is 0.275 e. The third kappa shape index (κ3) is 5.86. The van der Waals surface area contributed by atoms with Crippen molar-refractivity contribution in [3.63, 3.8) is 0 Å². The average Bonchev–Trinajstić information content (AvgIpc) is 2.72. The van der Waals surface area contributed by atoms with Crippen LogP contribution in [0.4, 0.5) is 0 Å². The lowest BCUT2D eigenvalue weighted by Crippen LogP contribution is -3.28. The van der Waals surface area contributed by atoms with E-state index in [-0.39, 0.29) is 5.91 Å². The second kappa shape index (κ2) is 10.3. The zero-order valence-electron chi connectivity index (χ0n) is 18.6. The lowest BCUT2D eigenvalue weighted by molar-refractivity contribution is -1.02. The van der Waals surface area contributed by atoms with Gasteiger partial charge in [0.2, 0.25) is 0 Å². The van der Waals surface area contributed by atoms with Crippen LogP contribution in [0, 0.1) is 12.8 Å². The summed E-state index contributed by atoms with van der Waals surface area (Å²) in [6, 6.07) is 4.56.